The van der Waals surface area contributed by atoms with Gasteiger partial charge in [0.15, 0.2) is 18.9 Å². The molecule has 0 aromatic carbocycles. The minimum Gasteiger partial charge on any atom is -0.394 e. The summed E-state index contributed by atoms with van der Waals surface area (Å²) in [6.45, 7) is 1.78. The van der Waals surface area contributed by atoms with Gasteiger partial charge in [-0.25, -0.2) is 0 Å². The highest BCUT2D eigenvalue weighted by Crippen LogP contribution is 2.33. The number of ether oxygens (including phenoxy) is 6. The highest BCUT2D eigenvalue weighted by atomic mass is 16.8. The van der Waals surface area contributed by atoms with Crippen molar-refractivity contribution in [1.29, 1.82) is 0 Å². The maximum Gasteiger partial charge on any atom is 0.220 e. The van der Waals surface area contributed by atoms with Crippen molar-refractivity contribution in [2.24, 2.45) is 0 Å². The second kappa shape index (κ2) is 51.4. The van der Waals surface area contributed by atoms with E-state index in [9.17, 15) is 61.0 Å². The summed E-state index contributed by atoms with van der Waals surface area (Å²) in [6, 6.07) is -0.895. The molecule has 19 nitrogen and oxygen atoms in total. The summed E-state index contributed by atoms with van der Waals surface area (Å²) >= 11 is 0. The SMILES string of the molecule is CCCCC/C=C\C/C=C\C/C=C\CCCCCCCCC(=O)NC(COC1OC(CO)C(OC2OC(CO)C(OC3OC(CO)C(O)C(O)C3O)C(O)C2O)C(O)C1O)C(O)CCCCCCCCCCCCCCCCCCCCCCCCCC. The third-order valence-corrected chi connectivity index (χ3v) is 17.7. The quantitative estimate of drug-likeness (QED) is 0.0199. The lowest BCUT2D eigenvalue weighted by Gasteiger charge is -2.48. The van der Waals surface area contributed by atoms with Crippen molar-refractivity contribution in [3.05, 3.63) is 36.5 Å². The highest BCUT2D eigenvalue weighted by molar-refractivity contribution is 5.76. The zero-order valence-electron chi connectivity index (χ0n) is 54.5. The minimum absolute atomic E-state index is 0.252. The summed E-state index contributed by atoms with van der Waals surface area (Å²) in [4.78, 5) is 13.4. The fourth-order valence-electron chi connectivity index (χ4n) is 12.0. The van der Waals surface area contributed by atoms with Gasteiger partial charge in [0.05, 0.1) is 38.6 Å². The maximum absolute atomic E-state index is 13.4. The van der Waals surface area contributed by atoms with Crippen molar-refractivity contribution in [3.8, 4) is 0 Å². The summed E-state index contributed by atoms with van der Waals surface area (Å²) in [5.41, 5.74) is 0. The number of aliphatic hydroxyl groups excluding tert-OH is 11. The van der Waals surface area contributed by atoms with Crippen LogP contribution in [-0.4, -0.2) is 193 Å². The molecule has 17 atom stereocenters. The molecule has 3 aliphatic heterocycles. The molecule has 0 radical (unpaired) electrons. The molecule has 0 bridgehead atoms. The van der Waals surface area contributed by atoms with E-state index >= 15 is 0 Å². The van der Waals surface area contributed by atoms with Crippen LogP contribution in [-0.2, 0) is 33.2 Å². The number of unbranched alkanes of at least 4 members (excludes halogenated alkanes) is 32. The van der Waals surface area contributed by atoms with Crippen LogP contribution in [0, 0.1) is 0 Å². The molecule has 3 saturated heterocycles. The Morgan fingerprint density at radius 3 is 1.19 bits per heavy atom. The average Bonchev–Trinajstić information content (AvgIpc) is 3.71. The van der Waals surface area contributed by atoms with Gasteiger partial charge in [0.2, 0.25) is 5.91 Å². The van der Waals surface area contributed by atoms with Crippen LogP contribution < -0.4 is 5.32 Å². The Balaban J connectivity index is 1.43. The van der Waals surface area contributed by atoms with Crippen LogP contribution in [0.25, 0.3) is 0 Å². The molecule has 3 rings (SSSR count). The molecule has 3 aliphatic rings. The first-order valence-corrected chi connectivity index (χ1v) is 35.2. The molecular weight excluding hydrogens is 1130 g/mol. The number of allylic oxidation sites excluding steroid dienone is 6. The molecule has 17 unspecified atom stereocenters. The molecule has 3 heterocycles. The van der Waals surface area contributed by atoms with E-state index in [4.69, 9.17) is 28.4 Å². The standard InChI is InChI=1S/C69H127NO18/c1-3-5-7-9-11-13-15-17-19-21-23-24-25-26-27-29-30-32-34-36-38-40-42-44-46-53(74)52(70-57(75)47-45-43-41-39-37-35-33-31-28-22-20-18-16-14-12-10-8-6-4-2)51-83-67-63(81)60(78)65(55(49-72)85-67)88-69-64(82)61(79)66(56(50-73)86-69)87-68-62(80)59(77)58(76)54(48-71)84-68/h12,14,18,20,28,31,52-56,58-69,71-74,76-82H,3-11,13,15-17,19,21-27,29-30,32-51H2,1-2H3,(H,70,75)/b14-12-,20-18-,31-28-. The van der Waals surface area contributed by atoms with Crippen molar-refractivity contribution < 1.29 is 89.4 Å². The molecule has 19 heteroatoms. The molecule has 1 amide bonds. The van der Waals surface area contributed by atoms with E-state index in [0.717, 1.165) is 83.5 Å². The monoisotopic (exact) mass is 1260 g/mol. The fraction of sp³-hybridized carbons (Fsp3) is 0.899. The van der Waals surface area contributed by atoms with Crippen molar-refractivity contribution in [3.63, 3.8) is 0 Å². The number of carbonyl (C=O) groups is 1. The molecule has 516 valence electrons. The summed E-state index contributed by atoms with van der Waals surface area (Å²) < 4.78 is 34.4. The van der Waals surface area contributed by atoms with Gasteiger partial charge in [-0.1, -0.05) is 243 Å². The Bertz CT molecular complexity index is 1740. The van der Waals surface area contributed by atoms with Crippen LogP contribution in [0.3, 0.4) is 0 Å². The van der Waals surface area contributed by atoms with Crippen LogP contribution in [0.4, 0.5) is 0 Å². The third-order valence-electron chi connectivity index (χ3n) is 17.7. The summed E-state index contributed by atoms with van der Waals surface area (Å²) in [7, 11) is 0. The second-order valence-electron chi connectivity index (χ2n) is 25.3. The van der Waals surface area contributed by atoms with Crippen molar-refractivity contribution >= 4 is 5.91 Å². The molecule has 0 aliphatic carbocycles. The van der Waals surface area contributed by atoms with Crippen LogP contribution in [0.2, 0.25) is 0 Å². The van der Waals surface area contributed by atoms with E-state index in [-0.39, 0.29) is 18.9 Å². The highest BCUT2D eigenvalue weighted by Gasteiger charge is 2.53. The molecule has 12 N–H and O–H groups in total. The Hall–Kier alpha value is -1.99. The first-order valence-electron chi connectivity index (χ1n) is 35.2. The van der Waals surface area contributed by atoms with E-state index < -0.39 is 124 Å². The van der Waals surface area contributed by atoms with Gasteiger partial charge in [-0.3, -0.25) is 4.79 Å². The van der Waals surface area contributed by atoms with Gasteiger partial charge in [-0.15, -0.1) is 0 Å². The summed E-state index contributed by atoms with van der Waals surface area (Å²) in [6.07, 6.45) is 32.1. The number of hydrogen-bond donors (Lipinski definition) is 12. The molecular formula is C69H127NO18. The minimum atomic E-state index is -1.97. The zero-order chi connectivity index (χ0) is 64.0. The maximum atomic E-state index is 13.4. The van der Waals surface area contributed by atoms with Crippen molar-refractivity contribution in [2.45, 2.75) is 369 Å². The Morgan fingerprint density at radius 2 is 0.750 bits per heavy atom. The van der Waals surface area contributed by atoms with Gasteiger partial charge in [-0.2, -0.15) is 0 Å². The Morgan fingerprint density at radius 1 is 0.409 bits per heavy atom. The van der Waals surface area contributed by atoms with Crippen LogP contribution in [0.1, 0.15) is 264 Å². The van der Waals surface area contributed by atoms with Gasteiger partial charge in [0.25, 0.3) is 0 Å². The predicted molar refractivity (Wildman–Crippen MR) is 342 cm³/mol. The number of hydrogen-bond acceptors (Lipinski definition) is 18. The number of amides is 1. The smallest absolute Gasteiger partial charge is 0.220 e. The molecule has 0 saturated carbocycles. The lowest BCUT2D eigenvalue weighted by molar-refractivity contribution is -0.379. The molecule has 0 aromatic rings. The number of carbonyl (C=O) groups excluding carboxylic acids is 1. The summed E-state index contributed by atoms with van der Waals surface area (Å²) in [5.74, 6) is -0.253. The Kier molecular flexibility index (Phi) is 46.9. The first kappa shape index (κ1) is 80.2. The largest absolute Gasteiger partial charge is 0.394 e. The van der Waals surface area contributed by atoms with Gasteiger partial charge < -0.3 is 89.9 Å². The van der Waals surface area contributed by atoms with E-state index in [2.05, 4.69) is 55.6 Å². The Labute approximate surface area is 530 Å². The van der Waals surface area contributed by atoms with Crippen LogP contribution >= 0.6 is 0 Å². The number of aliphatic hydroxyl groups is 11. The van der Waals surface area contributed by atoms with E-state index in [0.29, 0.717) is 12.8 Å². The van der Waals surface area contributed by atoms with E-state index in [1.807, 2.05) is 0 Å². The van der Waals surface area contributed by atoms with Crippen molar-refractivity contribution in [2.75, 3.05) is 26.4 Å². The molecule has 3 fully saturated rings. The molecule has 0 spiro atoms. The zero-order valence-corrected chi connectivity index (χ0v) is 54.5. The normalized spacial score (nSPS) is 28.6. The first-order chi connectivity index (χ1) is 42.8. The second-order valence-corrected chi connectivity index (χ2v) is 25.3. The van der Waals surface area contributed by atoms with Crippen LogP contribution in [0.15, 0.2) is 36.5 Å². The average molecular weight is 1260 g/mol. The predicted octanol–water partition coefficient (Wildman–Crippen LogP) is 9.22. The van der Waals surface area contributed by atoms with Gasteiger partial charge >= 0.3 is 0 Å². The van der Waals surface area contributed by atoms with Gasteiger partial charge in [0, 0.05) is 6.42 Å². The third kappa shape index (κ3) is 33.2. The molecule has 88 heavy (non-hydrogen) atoms. The van der Waals surface area contributed by atoms with E-state index in [1.54, 1.807) is 0 Å². The number of nitrogens with one attached hydrogen (secondary N) is 1. The van der Waals surface area contributed by atoms with Gasteiger partial charge in [-0.05, 0) is 51.4 Å². The molecule has 0 aromatic heterocycles. The lowest BCUT2D eigenvalue weighted by Crippen LogP contribution is -2.66. The fourth-order valence-corrected chi connectivity index (χ4v) is 12.0. The number of rotatable bonds is 54. The lowest BCUT2D eigenvalue weighted by atomic mass is 9.96. The van der Waals surface area contributed by atoms with E-state index in [1.165, 1.54) is 148 Å². The van der Waals surface area contributed by atoms with Crippen LogP contribution in [0.5, 0.6) is 0 Å². The van der Waals surface area contributed by atoms with Gasteiger partial charge in [0.1, 0.15) is 73.2 Å². The topological polar surface area (TPSA) is 307 Å². The summed E-state index contributed by atoms with van der Waals surface area (Å²) in [5, 5.41) is 121. The van der Waals surface area contributed by atoms with Crippen molar-refractivity contribution in [1.82, 2.24) is 5.32 Å².